The minimum atomic E-state index is -0.626. The van der Waals surface area contributed by atoms with Gasteiger partial charge in [0.1, 0.15) is 0 Å². The van der Waals surface area contributed by atoms with Gasteiger partial charge in [-0.1, -0.05) is 0 Å². The summed E-state index contributed by atoms with van der Waals surface area (Å²) in [5.41, 5.74) is 0.0517. The lowest BCUT2D eigenvalue weighted by Crippen LogP contribution is -2.43. The summed E-state index contributed by atoms with van der Waals surface area (Å²) in [4.78, 5) is 2.01. The Hall–Kier alpha value is -0.120. The molecule has 0 aliphatic heterocycles. The maximum Gasteiger partial charge on any atom is 0.0897 e. The lowest BCUT2D eigenvalue weighted by atomic mass is 10.1. The molecule has 0 fully saturated rings. The third-order valence-electron chi connectivity index (χ3n) is 1.84. The summed E-state index contributed by atoms with van der Waals surface area (Å²) < 4.78 is 0. The van der Waals surface area contributed by atoms with Gasteiger partial charge in [-0.3, -0.25) is 4.90 Å². The first-order chi connectivity index (χ1) is 4.88. The lowest BCUT2D eigenvalue weighted by Gasteiger charge is -2.32. The molecule has 11 heavy (non-hydrogen) atoms. The van der Waals surface area contributed by atoms with Gasteiger partial charge in [0.15, 0.2) is 0 Å². The van der Waals surface area contributed by atoms with Crippen LogP contribution in [0.3, 0.4) is 0 Å². The molecule has 0 bridgehead atoms. The van der Waals surface area contributed by atoms with Crippen molar-refractivity contribution in [2.24, 2.45) is 0 Å². The molecule has 0 radical (unpaired) electrons. The van der Waals surface area contributed by atoms with E-state index < -0.39 is 6.10 Å². The zero-order valence-electron chi connectivity index (χ0n) is 7.83. The highest BCUT2D eigenvalue weighted by atomic mass is 16.3. The van der Waals surface area contributed by atoms with Gasteiger partial charge in [0.05, 0.1) is 12.7 Å². The first kappa shape index (κ1) is 10.9. The molecule has 0 amide bonds. The Kier molecular flexibility index (Phi) is 4.00. The van der Waals surface area contributed by atoms with Crippen molar-refractivity contribution >= 4 is 0 Å². The third-order valence-corrected chi connectivity index (χ3v) is 1.84. The fourth-order valence-corrected chi connectivity index (χ4v) is 0.648. The van der Waals surface area contributed by atoms with Crippen LogP contribution in [0, 0.1) is 0 Å². The van der Waals surface area contributed by atoms with E-state index in [4.69, 9.17) is 10.2 Å². The second-order valence-corrected chi connectivity index (χ2v) is 3.89. The Morgan fingerprint density at radius 1 is 1.36 bits per heavy atom. The van der Waals surface area contributed by atoms with Crippen LogP contribution in [-0.4, -0.2) is 47.0 Å². The molecule has 0 aromatic heterocycles. The summed E-state index contributed by atoms with van der Waals surface area (Å²) in [5.74, 6) is 0. The van der Waals surface area contributed by atoms with Crippen LogP contribution in [0.5, 0.6) is 0 Å². The number of likely N-dealkylation sites (N-methyl/N-ethyl adjacent to an activating group) is 1. The third kappa shape index (κ3) is 4.35. The predicted molar refractivity (Wildman–Crippen MR) is 45.5 cm³/mol. The van der Waals surface area contributed by atoms with Crippen molar-refractivity contribution in [3.63, 3.8) is 0 Å². The lowest BCUT2D eigenvalue weighted by molar-refractivity contribution is 0.0401. The number of hydrogen-bond acceptors (Lipinski definition) is 3. The molecule has 0 spiro atoms. The molecule has 1 atom stereocenters. The summed E-state index contributed by atoms with van der Waals surface area (Å²) in [7, 11) is 1.93. The molecule has 0 saturated carbocycles. The number of aliphatic hydroxyl groups is 2. The van der Waals surface area contributed by atoms with Gasteiger partial charge in [-0.05, 0) is 27.8 Å². The van der Waals surface area contributed by atoms with Crippen molar-refractivity contribution < 1.29 is 10.2 Å². The Morgan fingerprint density at radius 3 is 2.09 bits per heavy atom. The zero-order chi connectivity index (χ0) is 9.07. The van der Waals surface area contributed by atoms with Crippen LogP contribution in [0.2, 0.25) is 0 Å². The number of rotatable bonds is 3. The normalized spacial score (nSPS) is 15.5. The predicted octanol–water partition coefficient (Wildman–Crippen LogP) is 0.0699. The molecule has 3 heteroatoms. The molecule has 0 rings (SSSR count). The van der Waals surface area contributed by atoms with Crippen LogP contribution >= 0.6 is 0 Å². The molecule has 68 valence electrons. The fraction of sp³-hybridized carbons (Fsp3) is 1.00. The van der Waals surface area contributed by atoms with Gasteiger partial charge in [-0.15, -0.1) is 0 Å². The van der Waals surface area contributed by atoms with E-state index >= 15 is 0 Å². The van der Waals surface area contributed by atoms with E-state index in [1.165, 1.54) is 0 Å². The zero-order valence-corrected chi connectivity index (χ0v) is 7.83. The molecule has 3 nitrogen and oxygen atoms in total. The molecular weight excluding hydrogens is 142 g/mol. The van der Waals surface area contributed by atoms with Crippen molar-refractivity contribution in [2.75, 3.05) is 20.2 Å². The van der Waals surface area contributed by atoms with Crippen molar-refractivity contribution in [3.05, 3.63) is 0 Å². The van der Waals surface area contributed by atoms with Crippen LogP contribution in [0.15, 0.2) is 0 Å². The van der Waals surface area contributed by atoms with Crippen molar-refractivity contribution in [3.8, 4) is 0 Å². The average Bonchev–Trinajstić information content (AvgIpc) is 1.85. The number of hydrogen-bond donors (Lipinski definition) is 2. The van der Waals surface area contributed by atoms with E-state index in [1.807, 2.05) is 11.9 Å². The molecule has 0 aliphatic rings. The molecule has 1 unspecified atom stereocenters. The Labute approximate surface area is 68.6 Å². The van der Waals surface area contributed by atoms with Crippen LogP contribution in [0.1, 0.15) is 20.8 Å². The van der Waals surface area contributed by atoms with Crippen LogP contribution in [-0.2, 0) is 0 Å². The molecule has 0 saturated heterocycles. The van der Waals surface area contributed by atoms with Gasteiger partial charge < -0.3 is 10.2 Å². The Bertz CT molecular complexity index is 109. The van der Waals surface area contributed by atoms with E-state index in [0.717, 1.165) is 0 Å². The molecule has 0 aromatic rings. The van der Waals surface area contributed by atoms with Gasteiger partial charge in [-0.2, -0.15) is 0 Å². The number of nitrogens with zero attached hydrogens (tertiary/aromatic N) is 1. The summed E-state index contributed by atoms with van der Waals surface area (Å²) in [6.07, 6.45) is -0.626. The minimum absolute atomic E-state index is 0.0517. The summed E-state index contributed by atoms with van der Waals surface area (Å²) in [6.45, 7) is 6.55. The largest absolute Gasteiger partial charge is 0.394 e. The van der Waals surface area contributed by atoms with E-state index in [-0.39, 0.29) is 12.1 Å². The van der Waals surface area contributed by atoms with Gasteiger partial charge >= 0.3 is 0 Å². The van der Waals surface area contributed by atoms with E-state index in [9.17, 15) is 0 Å². The van der Waals surface area contributed by atoms with Crippen LogP contribution in [0.25, 0.3) is 0 Å². The van der Waals surface area contributed by atoms with E-state index in [1.54, 1.807) is 0 Å². The van der Waals surface area contributed by atoms with Crippen molar-refractivity contribution in [1.82, 2.24) is 4.90 Å². The molecule has 0 aliphatic carbocycles. The van der Waals surface area contributed by atoms with Crippen molar-refractivity contribution in [2.45, 2.75) is 32.4 Å². The SMILES string of the molecule is CN(CC(O)CO)C(C)(C)C. The topological polar surface area (TPSA) is 43.7 Å². The van der Waals surface area contributed by atoms with Crippen molar-refractivity contribution in [1.29, 1.82) is 0 Å². The van der Waals surface area contributed by atoms with E-state index in [2.05, 4.69) is 20.8 Å². The Balaban J connectivity index is 3.77. The standard InChI is InChI=1S/C8H19NO2/c1-8(2,3)9(4)5-7(11)6-10/h7,10-11H,5-6H2,1-4H3. The maximum absolute atomic E-state index is 9.10. The van der Waals surface area contributed by atoms with Gasteiger partial charge in [0.25, 0.3) is 0 Å². The summed E-state index contributed by atoms with van der Waals surface area (Å²) in [5, 5.41) is 17.7. The second kappa shape index (κ2) is 4.04. The molecule has 0 heterocycles. The second-order valence-electron chi connectivity index (χ2n) is 3.89. The fourth-order valence-electron chi connectivity index (χ4n) is 0.648. The van der Waals surface area contributed by atoms with Gasteiger partial charge in [0, 0.05) is 12.1 Å². The van der Waals surface area contributed by atoms with Crippen LogP contribution < -0.4 is 0 Å². The maximum atomic E-state index is 9.10. The monoisotopic (exact) mass is 161 g/mol. The first-order valence-electron chi connectivity index (χ1n) is 3.88. The smallest absolute Gasteiger partial charge is 0.0897 e. The summed E-state index contributed by atoms with van der Waals surface area (Å²) >= 11 is 0. The Morgan fingerprint density at radius 2 is 1.82 bits per heavy atom. The highest BCUT2D eigenvalue weighted by Crippen LogP contribution is 2.10. The first-order valence-corrected chi connectivity index (χ1v) is 3.88. The van der Waals surface area contributed by atoms with Gasteiger partial charge in [0.2, 0.25) is 0 Å². The molecule has 0 aromatic carbocycles. The highest BCUT2D eigenvalue weighted by Gasteiger charge is 2.18. The molecular formula is C8H19NO2. The van der Waals surface area contributed by atoms with Crippen LogP contribution in [0.4, 0.5) is 0 Å². The number of aliphatic hydroxyl groups excluding tert-OH is 2. The quantitative estimate of drug-likeness (QED) is 0.615. The molecule has 2 N–H and O–H groups in total. The van der Waals surface area contributed by atoms with Gasteiger partial charge in [-0.25, -0.2) is 0 Å². The average molecular weight is 161 g/mol. The summed E-state index contributed by atoms with van der Waals surface area (Å²) in [6, 6.07) is 0. The minimum Gasteiger partial charge on any atom is -0.394 e. The number of β-amino-alcohol motifs (C(OH)–C–C–N with tert-alkyl or cyclic N) is 1. The highest BCUT2D eigenvalue weighted by molar-refractivity contribution is 4.74. The van der Waals surface area contributed by atoms with E-state index in [0.29, 0.717) is 6.54 Å².